The second-order valence-corrected chi connectivity index (χ2v) is 7.37. The summed E-state index contributed by atoms with van der Waals surface area (Å²) in [5.41, 5.74) is -0.196. The summed E-state index contributed by atoms with van der Waals surface area (Å²) in [6.45, 7) is 8.00. The third-order valence-corrected chi connectivity index (χ3v) is 5.76. The van der Waals surface area contributed by atoms with Crippen molar-refractivity contribution in [2.75, 3.05) is 0 Å². The number of halogens is 2. The first-order valence-corrected chi connectivity index (χ1v) is 10.4. The van der Waals surface area contributed by atoms with Crippen molar-refractivity contribution < 1.29 is 22.8 Å². The molecule has 27 heavy (non-hydrogen) atoms. The summed E-state index contributed by atoms with van der Waals surface area (Å²) < 4.78 is 25.5. The van der Waals surface area contributed by atoms with Gasteiger partial charge >= 0.3 is 0 Å². The van der Waals surface area contributed by atoms with E-state index in [-0.39, 0.29) is 32.0 Å². The number of ketones is 1. The lowest BCUT2D eigenvalue weighted by atomic mass is 10.00. The van der Waals surface area contributed by atoms with Gasteiger partial charge in [-0.1, -0.05) is 27.7 Å². The molecule has 0 aromatic heterocycles. The molecule has 2 aromatic carbocycles. The van der Waals surface area contributed by atoms with Crippen molar-refractivity contribution in [3.8, 4) is 0 Å². The summed E-state index contributed by atoms with van der Waals surface area (Å²) in [4.78, 5) is 34.3. The first-order chi connectivity index (χ1) is 12.7. The molecule has 2 aromatic rings. The Morgan fingerprint density at radius 3 is 1.37 bits per heavy atom. The third-order valence-electron chi connectivity index (χ3n) is 3.49. The van der Waals surface area contributed by atoms with Gasteiger partial charge in [0.1, 0.15) is 0 Å². The zero-order chi connectivity index (χ0) is 20.9. The molecule has 144 valence electrons. The zero-order valence-corrected chi connectivity index (χ0v) is 17.5. The molecule has 0 saturated heterocycles. The van der Waals surface area contributed by atoms with E-state index < -0.39 is 26.1 Å². The molecule has 0 saturated carbocycles. The van der Waals surface area contributed by atoms with Gasteiger partial charge in [-0.3, -0.25) is 14.4 Å². The highest BCUT2D eigenvalue weighted by atomic mass is 35.5. The topological polar surface area (TPSA) is 85.3 Å². The van der Waals surface area contributed by atoms with Gasteiger partial charge < -0.3 is 0 Å². The molecule has 0 bridgehead atoms. The van der Waals surface area contributed by atoms with Gasteiger partial charge in [-0.15, -0.1) is 0 Å². The SMILES string of the molecule is CC.CC.O=C(Cl)c1ccc2c(c1)S(=O)(=O)c1cc(C(=O)Cl)ccc1C2=O. The van der Waals surface area contributed by atoms with Gasteiger partial charge in [-0.2, -0.15) is 0 Å². The second-order valence-electron chi connectivity index (χ2n) is 4.80. The second kappa shape index (κ2) is 9.26. The number of hydrogen-bond acceptors (Lipinski definition) is 5. The van der Waals surface area contributed by atoms with Crippen molar-refractivity contribution in [2.24, 2.45) is 0 Å². The minimum atomic E-state index is -4.09. The highest BCUT2D eigenvalue weighted by molar-refractivity contribution is 7.91. The quantitative estimate of drug-likeness (QED) is 0.543. The molecule has 0 N–H and O–H groups in total. The van der Waals surface area contributed by atoms with Crippen molar-refractivity contribution in [3.05, 3.63) is 58.7 Å². The highest BCUT2D eigenvalue weighted by Gasteiger charge is 2.35. The van der Waals surface area contributed by atoms with Crippen molar-refractivity contribution in [3.63, 3.8) is 0 Å². The molecule has 1 aliphatic rings. The average molecular weight is 429 g/mol. The van der Waals surface area contributed by atoms with Gasteiger partial charge in [0.25, 0.3) is 10.5 Å². The summed E-state index contributed by atoms with van der Waals surface area (Å²) in [7, 11) is -4.09. The zero-order valence-electron chi connectivity index (χ0n) is 15.2. The predicted molar refractivity (Wildman–Crippen MR) is 105 cm³/mol. The molecule has 8 heteroatoms. The Hall–Kier alpha value is -2.02. The number of sulfone groups is 1. The molecule has 0 unspecified atom stereocenters. The summed E-state index contributed by atoms with van der Waals surface area (Å²) >= 11 is 10.7. The lowest BCUT2D eigenvalue weighted by Crippen LogP contribution is -2.21. The molecule has 0 amide bonds. The normalized spacial score (nSPS) is 13.0. The number of carbonyl (C=O) groups excluding carboxylic acids is 3. The first-order valence-electron chi connectivity index (χ1n) is 8.21. The minimum absolute atomic E-state index is 0.0465. The third kappa shape index (κ3) is 4.29. The number of hydrogen-bond donors (Lipinski definition) is 0. The Morgan fingerprint density at radius 2 is 1.07 bits per heavy atom. The lowest BCUT2D eigenvalue weighted by molar-refractivity contribution is 0.102. The van der Waals surface area contributed by atoms with Gasteiger partial charge in [0.05, 0.1) is 9.79 Å². The van der Waals surface area contributed by atoms with Crippen LogP contribution < -0.4 is 0 Å². The standard InChI is InChI=1S/C15H6Cl2O5S.2C2H6/c16-14(19)7-1-3-9-11(5-7)23(21,22)12-6-8(15(17)20)2-4-10(12)13(9)18;2*1-2/h1-6H;2*1-2H3. The number of fused-ring (bicyclic) bond motifs is 2. The van der Waals surface area contributed by atoms with Crippen LogP contribution in [0.15, 0.2) is 46.2 Å². The van der Waals surface area contributed by atoms with E-state index in [1.807, 2.05) is 27.7 Å². The van der Waals surface area contributed by atoms with Gasteiger partial charge in [0.2, 0.25) is 9.84 Å². The maximum Gasteiger partial charge on any atom is 0.252 e. The average Bonchev–Trinajstić information content (AvgIpc) is 2.68. The Morgan fingerprint density at radius 1 is 0.741 bits per heavy atom. The summed E-state index contributed by atoms with van der Waals surface area (Å²) in [6.07, 6.45) is 0. The van der Waals surface area contributed by atoms with Crippen LogP contribution in [0.4, 0.5) is 0 Å². The maximum atomic E-state index is 12.7. The largest absolute Gasteiger partial charge is 0.289 e. The van der Waals surface area contributed by atoms with Crippen LogP contribution in [0.5, 0.6) is 0 Å². The number of carbonyl (C=O) groups is 3. The van der Waals surface area contributed by atoms with Crippen molar-refractivity contribution >= 4 is 49.3 Å². The monoisotopic (exact) mass is 428 g/mol. The number of benzene rings is 2. The fourth-order valence-electron chi connectivity index (χ4n) is 2.37. The molecule has 1 aliphatic heterocycles. The van der Waals surface area contributed by atoms with Crippen molar-refractivity contribution in [1.82, 2.24) is 0 Å². The van der Waals surface area contributed by atoms with Gasteiger partial charge in [-0.25, -0.2) is 8.42 Å². The van der Waals surface area contributed by atoms with E-state index in [0.29, 0.717) is 0 Å². The smallest absolute Gasteiger partial charge is 0.252 e. The van der Waals surface area contributed by atoms with Crippen LogP contribution in [0.25, 0.3) is 0 Å². The maximum absolute atomic E-state index is 12.7. The van der Waals surface area contributed by atoms with E-state index in [1.54, 1.807) is 0 Å². The molecule has 0 radical (unpaired) electrons. The molecule has 0 spiro atoms. The summed E-state index contributed by atoms with van der Waals surface area (Å²) in [5, 5.41) is -1.68. The van der Waals surface area contributed by atoms with Crippen LogP contribution >= 0.6 is 23.2 Å². The fourth-order valence-corrected chi connectivity index (χ4v) is 4.31. The molecular weight excluding hydrogens is 411 g/mol. The van der Waals surface area contributed by atoms with Crippen LogP contribution in [0.3, 0.4) is 0 Å². The van der Waals surface area contributed by atoms with Crippen molar-refractivity contribution in [1.29, 1.82) is 0 Å². The first kappa shape index (κ1) is 23.0. The summed E-state index contributed by atoms with van der Waals surface area (Å²) in [5.74, 6) is -0.521. The molecule has 0 aliphatic carbocycles. The molecule has 5 nitrogen and oxygen atoms in total. The Kier molecular flexibility index (Phi) is 7.90. The Labute approximate surface area is 168 Å². The van der Waals surface area contributed by atoms with Gasteiger partial charge in [0.15, 0.2) is 5.78 Å². The fraction of sp³-hybridized carbons (Fsp3) is 0.211. The van der Waals surface area contributed by atoms with E-state index in [1.165, 1.54) is 24.3 Å². The molecule has 0 fully saturated rings. The molecule has 3 rings (SSSR count). The molecule has 0 atom stereocenters. The van der Waals surface area contributed by atoms with Gasteiger partial charge in [0, 0.05) is 22.3 Å². The Bertz CT molecular complexity index is 937. The summed E-state index contributed by atoms with van der Waals surface area (Å²) in [6, 6.07) is 7.15. The molecule has 1 heterocycles. The van der Waals surface area contributed by atoms with Gasteiger partial charge in [-0.05, 0) is 59.6 Å². The van der Waals surface area contributed by atoms with Crippen LogP contribution in [-0.4, -0.2) is 24.7 Å². The number of rotatable bonds is 2. The molecular formula is C19H18Cl2O5S. The highest BCUT2D eigenvalue weighted by Crippen LogP contribution is 2.35. The van der Waals surface area contributed by atoms with Crippen LogP contribution in [0.2, 0.25) is 0 Å². The lowest BCUT2D eigenvalue weighted by Gasteiger charge is -2.19. The van der Waals surface area contributed by atoms with Crippen LogP contribution in [0.1, 0.15) is 64.3 Å². The van der Waals surface area contributed by atoms with E-state index in [4.69, 9.17) is 23.2 Å². The Balaban J connectivity index is 0.000000855. The minimum Gasteiger partial charge on any atom is -0.289 e. The van der Waals surface area contributed by atoms with E-state index >= 15 is 0 Å². The van der Waals surface area contributed by atoms with E-state index in [0.717, 1.165) is 12.1 Å². The predicted octanol–water partition coefficient (Wildman–Crippen LogP) is 4.87. The van der Waals surface area contributed by atoms with E-state index in [9.17, 15) is 22.8 Å². The van der Waals surface area contributed by atoms with E-state index in [2.05, 4.69) is 0 Å². The van der Waals surface area contributed by atoms with Crippen molar-refractivity contribution in [2.45, 2.75) is 37.5 Å². The van der Waals surface area contributed by atoms with Crippen LogP contribution in [0, 0.1) is 0 Å². The van der Waals surface area contributed by atoms with Crippen LogP contribution in [-0.2, 0) is 9.84 Å².